The summed E-state index contributed by atoms with van der Waals surface area (Å²) in [6.45, 7) is 4.29. The molecule has 1 amide bonds. The average molecular weight is 254 g/mol. The van der Waals surface area contributed by atoms with Crippen LogP contribution in [0.1, 0.15) is 51.9 Å². The van der Waals surface area contributed by atoms with Gasteiger partial charge >= 0.3 is 0 Å². The molecular formula is C14H26N2O2. The van der Waals surface area contributed by atoms with Gasteiger partial charge in [-0.05, 0) is 19.3 Å². The second-order valence-corrected chi connectivity index (χ2v) is 5.44. The summed E-state index contributed by atoms with van der Waals surface area (Å²) >= 11 is 0. The Bertz CT molecular complexity index is 265. The number of ether oxygens (including phenoxy) is 1. The van der Waals surface area contributed by atoms with Gasteiger partial charge < -0.3 is 9.64 Å². The molecule has 0 radical (unpaired) electrons. The summed E-state index contributed by atoms with van der Waals surface area (Å²) in [7, 11) is 0. The quantitative estimate of drug-likeness (QED) is 0.754. The van der Waals surface area contributed by atoms with Crippen molar-refractivity contribution in [3.8, 4) is 0 Å². The van der Waals surface area contributed by atoms with Gasteiger partial charge in [-0.25, -0.2) is 0 Å². The van der Waals surface area contributed by atoms with E-state index < -0.39 is 0 Å². The minimum Gasteiger partial charge on any atom is -0.376 e. The summed E-state index contributed by atoms with van der Waals surface area (Å²) in [5.41, 5.74) is 0. The van der Waals surface area contributed by atoms with Crippen molar-refractivity contribution < 1.29 is 9.53 Å². The lowest BCUT2D eigenvalue weighted by Crippen LogP contribution is -2.33. The van der Waals surface area contributed by atoms with Crippen LogP contribution in [0.15, 0.2) is 0 Å². The van der Waals surface area contributed by atoms with Crippen LogP contribution in [0.4, 0.5) is 0 Å². The van der Waals surface area contributed by atoms with Crippen molar-refractivity contribution in [2.75, 3.05) is 19.8 Å². The molecule has 0 aromatic rings. The molecule has 1 heterocycles. The highest BCUT2D eigenvalue weighted by Crippen LogP contribution is 2.20. The van der Waals surface area contributed by atoms with Crippen LogP contribution in [-0.2, 0) is 9.53 Å². The molecule has 2 aliphatic rings. The van der Waals surface area contributed by atoms with Crippen LogP contribution in [0, 0.1) is 0 Å². The number of amides is 1. The molecule has 0 spiro atoms. The van der Waals surface area contributed by atoms with E-state index in [1.54, 1.807) is 0 Å². The molecule has 2 fully saturated rings. The fourth-order valence-corrected chi connectivity index (χ4v) is 2.81. The van der Waals surface area contributed by atoms with E-state index in [4.69, 9.17) is 4.74 Å². The molecule has 0 aromatic carbocycles. The second-order valence-electron chi connectivity index (χ2n) is 5.44. The first kappa shape index (κ1) is 13.8. The summed E-state index contributed by atoms with van der Waals surface area (Å²) in [6, 6.07) is 0.0523. The van der Waals surface area contributed by atoms with E-state index in [2.05, 4.69) is 12.2 Å². The van der Waals surface area contributed by atoms with Gasteiger partial charge in [-0.3, -0.25) is 10.1 Å². The van der Waals surface area contributed by atoms with Crippen molar-refractivity contribution in [1.29, 1.82) is 0 Å². The maximum absolute atomic E-state index is 12.0. The number of unbranched alkanes of at least 4 members (excludes halogenated alkanes) is 1. The molecule has 0 bridgehead atoms. The summed E-state index contributed by atoms with van der Waals surface area (Å²) in [5.74, 6) is 0.262. The van der Waals surface area contributed by atoms with Gasteiger partial charge in [0.05, 0.1) is 25.4 Å². The Kier molecular flexibility index (Phi) is 5.45. The normalized spacial score (nSPS) is 25.3. The van der Waals surface area contributed by atoms with E-state index >= 15 is 0 Å². The molecule has 1 unspecified atom stereocenters. The number of hydrogen-bond donors (Lipinski definition) is 1. The minimum atomic E-state index is 0.0523. The monoisotopic (exact) mass is 254 g/mol. The Morgan fingerprint density at radius 1 is 1.39 bits per heavy atom. The summed E-state index contributed by atoms with van der Waals surface area (Å²) in [6.07, 6.45) is 8.69. The lowest BCUT2D eigenvalue weighted by molar-refractivity contribution is -0.129. The molecule has 0 aromatic heterocycles. The predicted octanol–water partition coefficient (Wildman–Crippen LogP) is 1.89. The Balaban J connectivity index is 1.62. The number of rotatable bonds is 7. The van der Waals surface area contributed by atoms with E-state index in [0.29, 0.717) is 19.4 Å². The Morgan fingerprint density at radius 2 is 2.17 bits per heavy atom. The second kappa shape index (κ2) is 7.10. The lowest BCUT2D eigenvalue weighted by Gasteiger charge is -2.17. The van der Waals surface area contributed by atoms with E-state index in [0.717, 1.165) is 25.8 Å². The molecule has 2 rings (SSSR count). The highest BCUT2D eigenvalue weighted by Gasteiger charge is 2.30. The van der Waals surface area contributed by atoms with Crippen molar-refractivity contribution in [2.24, 2.45) is 0 Å². The van der Waals surface area contributed by atoms with Gasteiger partial charge in [-0.15, -0.1) is 0 Å². The molecule has 1 saturated carbocycles. The smallest absolute Gasteiger partial charge is 0.240 e. The van der Waals surface area contributed by atoms with E-state index in [1.165, 1.54) is 25.7 Å². The van der Waals surface area contributed by atoms with Crippen LogP contribution in [0.5, 0.6) is 0 Å². The third-order valence-corrected chi connectivity index (χ3v) is 4.00. The van der Waals surface area contributed by atoms with Gasteiger partial charge in [0.15, 0.2) is 0 Å². The first-order valence-corrected chi connectivity index (χ1v) is 7.45. The van der Waals surface area contributed by atoms with E-state index in [1.807, 2.05) is 4.90 Å². The molecule has 1 aliphatic carbocycles. The molecule has 4 nitrogen and oxygen atoms in total. The topological polar surface area (TPSA) is 41.6 Å². The Morgan fingerprint density at radius 3 is 2.89 bits per heavy atom. The van der Waals surface area contributed by atoms with Crippen LogP contribution >= 0.6 is 0 Å². The number of carbonyl (C=O) groups excluding carboxylic acids is 1. The van der Waals surface area contributed by atoms with Crippen LogP contribution in [0.2, 0.25) is 0 Å². The Hall–Kier alpha value is -0.610. The highest BCUT2D eigenvalue weighted by atomic mass is 16.5. The number of nitrogens with zero attached hydrogens (tertiary/aromatic N) is 1. The van der Waals surface area contributed by atoms with Crippen molar-refractivity contribution in [1.82, 2.24) is 10.2 Å². The van der Waals surface area contributed by atoms with Crippen LogP contribution in [-0.4, -0.2) is 42.8 Å². The highest BCUT2D eigenvalue weighted by molar-refractivity contribution is 5.83. The zero-order valence-corrected chi connectivity index (χ0v) is 11.5. The Labute approximate surface area is 110 Å². The molecular weight excluding hydrogens is 228 g/mol. The fraction of sp³-hybridized carbons (Fsp3) is 0.929. The number of carbonyl (C=O) groups is 1. The standard InChI is InChI=1S/C14H26N2O2/c1-2-3-8-13-14(17)16(11-15-13)9-10-18-12-6-4-5-7-12/h12-13,15H,2-11H2,1H3. The summed E-state index contributed by atoms with van der Waals surface area (Å²) in [4.78, 5) is 13.9. The van der Waals surface area contributed by atoms with Crippen molar-refractivity contribution in [3.63, 3.8) is 0 Å². The van der Waals surface area contributed by atoms with Gasteiger partial charge in [0, 0.05) is 6.54 Å². The molecule has 1 atom stereocenters. The van der Waals surface area contributed by atoms with Gasteiger partial charge in [-0.2, -0.15) is 0 Å². The summed E-state index contributed by atoms with van der Waals surface area (Å²) < 4.78 is 5.81. The first-order valence-electron chi connectivity index (χ1n) is 7.45. The fourth-order valence-electron chi connectivity index (χ4n) is 2.81. The molecule has 1 aliphatic heterocycles. The molecule has 104 valence electrons. The van der Waals surface area contributed by atoms with Gasteiger partial charge in [0.1, 0.15) is 0 Å². The minimum absolute atomic E-state index is 0.0523. The van der Waals surface area contributed by atoms with Crippen LogP contribution < -0.4 is 5.32 Å². The predicted molar refractivity (Wildman–Crippen MR) is 71.2 cm³/mol. The third-order valence-electron chi connectivity index (χ3n) is 4.00. The maximum Gasteiger partial charge on any atom is 0.240 e. The lowest BCUT2D eigenvalue weighted by atomic mass is 10.1. The average Bonchev–Trinajstić information content (AvgIpc) is 2.99. The van der Waals surface area contributed by atoms with Gasteiger partial charge in [0.25, 0.3) is 0 Å². The van der Waals surface area contributed by atoms with E-state index in [9.17, 15) is 4.79 Å². The molecule has 1 saturated heterocycles. The van der Waals surface area contributed by atoms with Crippen molar-refractivity contribution in [3.05, 3.63) is 0 Å². The van der Waals surface area contributed by atoms with Gasteiger partial charge in [0.2, 0.25) is 5.91 Å². The largest absolute Gasteiger partial charge is 0.376 e. The third kappa shape index (κ3) is 3.69. The molecule has 1 N–H and O–H groups in total. The molecule has 18 heavy (non-hydrogen) atoms. The first-order chi connectivity index (χ1) is 8.81. The van der Waals surface area contributed by atoms with Crippen molar-refractivity contribution in [2.45, 2.75) is 64.0 Å². The number of nitrogens with one attached hydrogen (secondary N) is 1. The molecule has 4 heteroatoms. The van der Waals surface area contributed by atoms with Crippen molar-refractivity contribution >= 4 is 5.91 Å². The zero-order valence-electron chi connectivity index (χ0n) is 11.5. The zero-order chi connectivity index (χ0) is 12.8. The maximum atomic E-state index is 12.0. The van der Waals surface area contributed by atoms with Crippen LogP contribution in [0.3, 0.4) is 0 Å². The van der Waals surface area contributed by atoms with E-state index in [-0.39, 0.29) is 11.9 Å². The van der Waals surface area contributed by atoms with Crippen LogP contribution in [0.25, 0.3) is 0 Å². The number of hydrogen-bond acceptors (Lipinski definition) is 3. The summed E-state index contributed by atoms with van der Waals surface area (Å²) in [5, 5.41) is 3.29. The SMILES string of the molecule is CCCCC1NCN(CCOC2CCCC2)C1=O. The van der Waals surface area contributed by atoms with Gasteiger partial charge in [-0.1, -0.05) is 32.6 Å².